The van der Waals surface area contributed by atoms with E-state index in [9.17, 15) is 0 Å². The van der Waals surface area contributed by atoms with Crippen LogP contribution in [0, 0.1) is 11.3 Å². The second-order valence-electron chi connectivity index (χ2n) is 2.39. The molecule has 0 aliphatic carbocycles. The van der Waals surface area contributed by atoms with Crippen molar-refractivity contribution in [2.45, 2.75) is 0 Å². The summed E-state index contributed by atoms with van der Waals surface area (Å²) in [5.74, 6) is 0.631. The van der Waals surface area contributed by atoms with Gasteiger partial charge in [0.05, 0.1) is 0 Å². The Morgan fingerprint density at radius 3 is 2.67 bits per heavy atom. The van der Waals surface area contributed by atoms with Crippen molar-refractivity contribution in [2.75, 3.05) is 19.0 Å². The van der Waals surface area contributed by atoms with Crippen molar-refractivity contribution >= 4 is 17.4 Å². The summed E-state index contributed by atoms with van der Waals surface area (Å²) in [7, 11) is 3.64. The van der Waals surface area contributed by atoms with Crippen LogP contribution in [0.4, 0.5) is 5.82 Å². The van der Waals surface area contributed by atoms with Crippen LogP contribution in [-0.2, 0) is 0 Å². The van der Waals surface area contributed by atoms with Crippen LogP contribution in [0.5, 0.6) is 0 Å². The fraction of sp³-hybridized carbons (Fsp3) is 0.286. The molecule has 62 valence electrons. The lowest BCUT2D eigenvalue weighted by Crippen LogP contribution is -2.11. The van der Waals surface area contributed by atoms with Crippen LogP contribution in [0.3, 0.4) is 0 Å². The zero-order chi connectivity index (χ0) is 9.14. The van der Waals surface area contributed by atoms with Crippen molar-refractivity contribution < 1.29 is 0 Å². The van der Waals surface area contributed by atoms with Crippen molar-refractivity contribution in [1.82, 2.24) is 9.97 Å². The molecule has 0 saturated carbocycles. The van der Waals surface area contributed by atoms with Gasteiger partial charge in [0.1, 0.15) is 17.6 Å². The molecule has 12 heavy (non-hydrogen) atoms. The molecule has 0 N–H and O–H groups in total. The summed E-state index contributed by atoms with van der Waals surface area (Å²) in [6, 6.07) is 3.48. The highest BCUT2D eigenvalue weighted by Gasteiger charge is 2.02. The lowest BCUT2D eigenvalue weighted by atomic mass is 10.4. The van der Waals surface area contributed by atoms with Gasteiger partial charge in [0.2, 0.25) is 5.28 Å². The van der Waals surface area contributed by atoms with E-state index in [0.29, 0.717) is 5.82 Å². The third-order valence-corrected chi connectivity index (χ3v) is 1.43. The number of aromatic nitrogens is 2. The first-order valence-corrected chi connectivity index (χ1v) is 3.63. The molecule has 0 aliphatic heterocycles. The average Bonchev–Trinajstić information content (AvgIpc) is 2.03. The molecule has 0 saturated heterocycles. The van der Waals surface area contributed by atoms with Crippen LogP contribution in [0.1, 0.15) is 5.69 Å². The van der Waals surface area contributed by atoms with E-state index in [-0.39, 0.29) is 11.0 Å². The van der Waals surface area contributed by atoms with Gasteiger partial charge >= 0.3 is 0 Å². The number of halogens is 1. The summed E-state index contributed by atoms with van der Waals surface area (Å²) in [6.45, 7) is 0. The van der Waals surface area contributed by atoms with Gasteiger partial charge in [-0.25, -0.2) is 9.97 Å². The van der Waals surface area contributed by atoms with Gasteiger partial charge in [0.15, 0.2) is 0 Å². The molecule has 0 aromatic carbocycles. The number of hydrogen-bond acceptors (Lipinski definition) is 4. The zero-order valence-electron chi connectivity index (χ0n) is 6.74. The maximum absolute atomic E-state index is 8.55. The van der Waals surface area contributed by atoms with E-state index in [1.165, 1.54) is 0 Å². The molecule has 0 aliphatic rings. The predicted octanol–water partition coefficient (Wildman–Crippen LogP) is 1.07. The smallest absolute Gasteiger partial charge is 0.225 e. The molecular formula is C7H7ClN4. The predicted molar refractivity (Wildman–Crippen MR) is 46.1 cm³/mol. The second-order valence-corrected chi connectivity index (χ2v) is 2.72. The standard InChI is InChI=1S/C7H7ClN4/c1-12(2)6-3-5(4-9)10-7(8)11-6/h3H,1-2H3. The van der Waals surface area contributed by atoms with E-state index in [4.69, 9.17) is 16.9 Å². The van der Waals surface area contributed by atoms with Crippen LogP contribution >= 0.6 is 11.6 Å². The van der Waals surface area contributed by atoms with Crippen molar-refractivity contribution in [3.63, 3.8) is 0 Å². The minimum atomic E-state index is 0.0951. The number of hydrogen-bond donors (Lipinski definition) is 0. The molecule has 1 rings (SSSR count). The Hall–Kier alpha value is -1.34. The number of rotatable bonds is 1. The Morgan fingerprint density at radius 2 is 2.17 bits per heavy atom. The van der Waals surface area contributed by atoms with Gasteiger partial charge < -0.3 is 4.90 Å². The van der Waals surface area contributed by atoms with E-state index in [2.05, 4.69) is 9.97 Å². The third kappa shape index (κ3) is 1.83. The first-order valence-electron chi connectivity index (χ1n) is 3.25. The van der Waals surface area contributed by atoms with Gasteiger partial charge in [-0.05, 0) is 11.6 Å². The molecule has 0 unspecified atom stereocenters. The maximum atomic E-state index is 8.55. The number of nitriles is 1. The summed E-state index contributed by atoms with van der Waals surface area (Å²) in [5, 5.41) is 8.65. The van der Waals surface area contributed by atoms with Gasteiger partial charge in [-0.15, -0.1) is 0 Å². The molecule has 0 bridgehead atoms. The summed E-state index contributed by atoms with van der Waals surface area (Å²) in [4.78, 5) is 9.37. The van der Waals surface area contributed by atoms with E-state index < -0.39 is 0 Å². The Kier molecular flexibility index (Phi) is 2.46. The van der Waals surface area contributed by atoms with Crippen molar-refractivity contribution in [2.24, 2.45) is 0 Å². The Bertz CT molecular complexity index is 329. The normalized spacial score (nSPS) is 9.17. The molecular weight excluding hydrogens is 176 g/mol. The SMILES string of the molecule is CN(C)c1cc(C#N)nc(Cl)n1. The monoisotopic (exact) mass is 182 g/mol. The van der Waals surface area contributed by atoms with Crippen LogP contribution in [0.25, 0.3) is 0 Å². The molecule has 5 heteroatoms. The Morgan fingerprint density at radius 1 is 1.50 bits per heavy atom. The largest absolute Gasteiger partial charge is 0.363 e. The first kappa shape index (κ1) is 8.75. The summed E-state index contributed by atoms with van der Waals surface area (Å²) in [5.41, 5.74) is 0.277. The molecule has 4 nitrogen and oxygen atoms in total. The topological polar surface area (TPSA) is 52.8 Å². The average molecular weight is 183 g/mol. The molecule has 0 amide bonds. The summed E-state index contributed by atoms with van der Waals surface area (Å²) in [6.07, 6.45) is 0. The minimum Gasteiger partial charge on any atom is -0.363 e. The molecule has 0 fully saturated rings. The van der Waals surface area contributed by atoms with Crippen LogP contribution < -0.4 is 4.90 Å². The number of nitrogens with zero attached hydrogens (tertiary/aromatic N) is 4. The Labute approximate surface area is 75.4 Å². The lowest BCUT2D eigenvalue weighted by molar-refractivity contribution is 1.03. The molecule has 0 radical (unpaired) electrons. The first-order chi connectivity index (χ1) is 5.63. The molecule has 1 heterocycles. The number of anilines is 1. The zero-order valence-corrected chi connectivity index (χ0v) is 7.50. The van der Waals surface area contributed by atoms with Gasteiger partial charge in [-0.3, -0.25) is 0 Å². The van der Waals surface area contributed by atoms with Gasteiger partial charge in [-0.1, -0.05) is 0 Å². The van der Waals surface area contributed by atoms with Gasteiger partial charge in [0, 0.05) is 20.2 Å². The summed E-state index contributed by atoms with van der Waals surface area (Å²) < 4.78 is 0. The highest BCUT2D eigenvalue weighted by molar-refractivity contribution is 6.28. The fourth-order valence-corrected chi connectivity index (χ4v) is 0.870. The molecule has 0 spiro atoms. The van der Waals surface area contributed by atoms with Gasteiger partial charge in [-0.2, -0.15) is 5.26 Å². The third-order valence-electron chi connectivity index (χ3n) is 1.26. The van der Waals surface area contributed by atoms with Crippen LogP contribution in [0.2, 0.25) is 5.28 Å². The highest BCUT2D eigenvalue weighted by Crippen LogP contribution is 2.11. The van der Waals surface area contributed by atoms with E-state index in [1.807, 2.05) is 20.2 Å². The minimum absolute atomic E-state index is 0.0951. The van der Waals surface area contributed by atoms with Crippen LogP contribution in [-0.4, -0.2) is 24.1 Å². The van der Waals surface area contributed by atoms with Crippen molar-refractivity contribution in [3.8, 4) is 6.07 Å². The quantitative estimate of drug-likeness (QED) is 0.610. The van der Waals surface area contributed by atoms with Crippen molar-refractivity contribution in [3.05, 3.63) is 17.0 Å². The highest BCUT2D eigenvalue weighted by atomic mass is 35.5. The second kappa shape index (κ2) is 3.37. The van der Waals surface area contributed by atoms with Crippen LogP contribution in [0.15, 0.2) is 6.07 Å². The van der Waals surface area contributed by atoms with E-state index >= 15 is 0 Å². The van der Waals surface area contributed by atoms with Gasteiger partial charge in [0.25, 0.3) is 0 Å². The lowest BCUT2D eigenvalue weighted by Gasteiger charge is -2.10. The Balaban J connectivity index is 3.17. The molecule has 1 aromatic rings. The summed E-state index contributed by atoms with van der Waals surface area (Å²) >= 11 is 5.57. The van der Waals surface area contributed by atoms with E-state index in [1.54, 1.807) is 11.0 Å². The van der Waals surface area contributed by atoms with E-state index in [0.717, 1.165) is 0 Å². The molecule has 0 atom stereocenters. The maximum Gasteiger partial charge on any atom is 0.225 e. The van der Waals surface area contributed by atoms with Crippen molar-refractivity contribution in [1.29, 1.82) is 5.26 Å². The fourth-order valence-electron chi connectivity index (χ4n) is 0.692. The molecule has 1 aromatic heterocycles.